The molecule has 0 unspecified atom stereocenters. The molecule has 1 fully saturated rings. The molecule has 10 nitrogen and oxygen atoms in total. The van der Waals surface area contributed by atoms with E-state index in [1.807, 2.05) is 25.4 Å². The first-order valence-corrected chi connectivity index (χ1v) is 15.0. The molecule has 12 heteroatoms. The van der Waals surface area contributed by atoms with E-state index in [-0.39, 0.29) is 0 Å². The van der Waals surface area contributed by atoms with Gasteiger partial charge in [-0.2, -0.15) is 4.98 Å². The first kappa shape index (κ1) is 28.3. The average molecular weight is 625 g/mol. The molecule has 1 aliphatic heterocycles. The Bertz CT molecular complexity index is 1470. The second-order valence-electron chi connectivity index (χ2n) is 9.66. The van der Waals surface area contributed by atoms with E-state index in [1.54, 1.807) is 37.6 Å². The Morgan fingerprint density at radius 1 is 1.07 bits per heavy atom. The highest BCUT2D eigenvalue weighted by atomic mass is 79.9. The molecular weight excluding hydrogens is 590 g/mol. The standard InChI is InChI=1S/C28H34BrN9OS/c1-36-11-13-38(14-12-36)18-19-5-6-20(24(15-19)39-3)16-32-28-33-17-21(29)27(35-28)34-23-8-7-22-25(31-10-9-30-22)26(23)37(2)40-4/h5-10,15,17H,11-14,16,18H2,1-4H3,(H2,32,33,34,35). The molecule has 1 saturated heterocycles. The molecule has 4 aromatic rings. The van der Waals surface area contributed by atoms with Gasteiger partial charge in [-0.15, -0.1) is 0 Å². The average Bonchev–Trinajstić information content (AvgIpc) is 2.98. The van der Waals surface area contributed by atoms with E-state index in [1.165, 1.54) is 5.56 Å². The van der Waals surface area contributed by atoms with Crippen molar-refractivity contribution in [2.45, 2.75) is 13.1 Å². The number of halogens is 1. The van der Waals surface area contributed by atoms with Crippen LogP contribution in [-0.4, -0.2) is 83.4 Å². The molecule has 0 bridgehead atoms. The van der Waals surface area contributed by atoms with E-state index < -0.39 is 0 Å². The number of nitrogens with zero attached hydrogens (tertiary/aromatic N) is 7. The van der Waals surface area contributed by atoms with Gasteiger partial charge in [0.2, 0.25) is 5.95 Å². The number of likely N-dealkylation sites (N-methyl/N-ethyl adjacent to an activating group) is 1. The lowest BCUT2D eigenvalue weighted by molar-refractivity contribution is 0.148. The number of methoxy groups -OCH3 is 1. The number of fused-ring (bicyclic) bond motifs is 1. The quantitative estimate of drug-likeness (QED) is 0.233. The van der Waals surface area contributed by atoms with Crippen LogP contribution in [0.2, 0.25) is 0 Å². The van der Waals surface area contributed by atoms with Gasteiger partial charge in [0.15, 0.2) is 0 Å². The lowest BCUT2D eigenvalue weighted by Gasteiger charge is -2.32. The summed E-state index contributed by atoms with van der Waals surface area (Å²) in [5, 5.41) is 6.82. The van der Waals surface area contributed by atoms with Crippen molar-refractivity contribution < 1.29 is 4.74 Å². The summed E-state index contributed by atoms with van der Waals surface area (Å²) < 4.78 is 8.55. The number of hydrogen-bond donors (Lipinski definition) is 2. The van der Waals surface area contributed by atoms with Gasteiger partial charge in [0.05, 0.1) is 28.5 Å². The molecule has 5 rings (SSSR count). The van der Waals surface area contributed by atoms with Crippen LogP contribution < -0.4 is 19.7 Å². The molecule has 40 heavy (non-hydrogen) atoms. The topological polar surface area (TPSA) is 94.6 Å². The van der Waals surface area contributed by atoms with E-state index in [0.29, 0.717) is 18.3 Å². The summed E-state index contributed by atoms with van der Waals surface area (Å²) in [5.41, 5.74) is 5.74. The monoisotopic (exact) mass is 623 g/mol. The molecule has 0 spiro atoms. The Balaban J connectivity index is 1.31. The van der Waals surface area contributed by atoms with Crippen molar-refractivity contribution in [1.29, 1.82) is 0 Å². The predicted octanol–water partition coefficient (Wildman–Crippen LogP) is 5.01. The van der Waals surface area contributed by atoms with E-state index in [0.717, 1.165) is 70.9 Å². The third-order valence-corrected chi connectivity index (χ3v) is 8.30. The number of ether oxygens (including phenoxy) is 1. The highest BCUT2D eigenvalue weighted by molar-refractivity contribution is 9.10. The molecule has 0 aliphatic carbocycles. The minimum absolute atomic E-state index is 0.509. The molecule has 1 aliphatic rings. The minimum Gasteiger partial charge on any atom is -0.496 e. The molecule has 210 valence electrons. The second kappa shape index (κ2) is 13.0. The normalized spacial score (nSPS) is 14.3. The Labute approximate surface area is 247 Å². The van der Waals surface area contributed by atoms with Crippen LogP contribution in [0.5, 0.6) is 5.75 Å². The molecule has 0 atom stereocenters. The number of piperazine rings is 1. The molecule has 0 amide bonds. The summed E-state index contributed by atoms with van der Waals surface area (Å²) in [4.78, 5) is 23.1. The molecule has 2 aromatic carbocycles. The fraction of sp³-hybridized carbons (Fsp3) is 0.357. The zero-order chi connectivity index (χ0) is 28.1. The van der Waals surface area contributed by atoms with Crippen molar-refractivity contribution >= 4 is 62.1 Å². The number of anilines is 4. The first-order chi connectivity index (χ1) is 19.4. The van der Waals surface area contributed by atoms with Crippen molar-refractivity contribution in [1.82, 2.24) is 29.7 Å². The predicted molar refractivity (Wildman–Crippen MR) is 168 cm³/mol. The van der Waals surface area contributed by atoms with Crippen LogP contribution in [0.1, 0.15) is 11.1 Å². The van der Waals surface area contributed by atoms with Crippen LogP contribution in [0.15, 0.2) is 53.4 Å². The van der Waals surface area contributed by atoms with E-state index in [9.17, 15) is 0 Å². The summed E-state index contributed by atoms with van der Waals surface area (Å²) in [6, 6.07) is 10.4. The molecule has 0 saturated carbocycles. The van der Waals surface area contributed by atoms with Crippen LogP contribution in [0.25, 0.3) is 11.0 Å². The van der Waals surface area contributed by atoms with Crippen molar-refractivity contribution in [3.63, 3.8) is 0 Å². The molecule has 3 heterocycles. The minimum atomic E-state index is 0.509. The number of aromatic nitrogens is 4. The van der Waals surface area contributed by atoms with Crippen LogP contribution in [-0.2, 0) is 13.1 Å². The van der Waals surface area contributed by atoms with Gasteiger partial charge in [-0.25, -0.2) is 4.98 Å². The molecular formula is C28H34BrN9OS. The Morgan fingerprint density at radius 3 is 2.65 bits per heavy atom. The number of hydrogen-bond acceptors (Lipinski definition) is 11. The van der Waals surface area contributed by atoms with Gasteiger partial charge in [-0.05, 0) is 46.7 Å². The van der Waals surface area contributed by atoms with Crippen LogP contribution >= 0.6 is 27.9 Å². The van der Waals surface area contributed by atoms with Gasteiger partial charge in [0, 0.05) is 76.7 Å². The number of nitrogens with one attached hydrogen (secondary N) is 2. The largest absolute Gasteiger partial charge is 0.496 e. The summed E-state index contributed by atoms with van der Waals surface area (Å²) >= 11 is 5.20. The van der Waals surface area contributed by atoms with Crippen LogP contribution in [0.4, 0.5) is 23.1 Å². The van der Waals surface area contributed by atoms with Gasteiger partial charge >= 0.3 is 0 Å². The number of benzene rings is 2. The molecule has 2 aromatic heterocycles. The summed E-state index contributed by atoms with van der Waals surface area (Å²) in [6.45, 7) is 5.84. The fourth-order valence-electron chi connectivity index (χ4n) is 4.67. The first-order valence-electron chi connectivity index (χ1n) is 13.1. The van der Waals surface area contributed by atoms with Crippen molar-refractivity contribution in [3.8, 4) is 5.75 Å². The Hall–Kier alpha value is -3.19. The summed E-state index contributed by atoms with van der Waals surface area (Å²) in [5.74, 6) is 2.01. The zero-order valence-electron chi connectivity index (χ0n) is 23.2. The second-order valence-corrected chi connectivity index (χ2v) is 11.4. The Kier molecular flexibility index (Phi) is 9.20. The van der Waals surface area contributed by atoms with Gasteiger partial charge in [0.1, 0.15) is 17.1 Å². The van der Waals surface area contributed by atoms with Gasteiger partial charge in [-0.3, -0.25) is 14.9 Å². The third kappa shape index (κ3) is 6.57. The highest BCUT2D eigenvalue weighted by Gasteiger charge is 2.17. The van der Waals surface area contributed by atoms with Crippen molar-refractivity contribution in [2.75, 3.05) is 68.6 Å². The zero-order valence-corrected chi connectivity index (χ0v) is 25.6. The Morgan fingerprint density at radius 2 is 1.88 bits per heavy atom. The van der Waals surface area contributed by atoms with Crippen LogP contribution in [0.3, 0.4) is 0 Å². The van der Waals surface area contributed by atoms with Crippen molar-refractivity contribution in [3.05, 3.63) is 64.5 Å². The van der Waals surface area contributed by atoms with Gasteiger partial charge in [-0.1, -0.05) is 24.1 Å². The van der Waals surface area contributed by atoms with Crippen LogP contribution in [0, 0.1) is 0 Å². The lowest BCUT2D eigenvalue weighted by atomic mass is 10.1. The van der Waals surface area contributed by atoms with Gasteiger partial charge in [0.25, 0.3) is 0 Å². The maximum atomic E-state index is 5.74. The lowest BCUT2D eigenvalue weighted by Crippen LogP contribution is -2.43. The van der Waals surface area contributed by atoms with Crippen molar-refractivity contribution in [2.24, 2.45) is 0 Å². The van der Waals surface area contributed by atoms with E-state index in [2.05, 4.69) is 80.9 Å². The summed E-state index contributed by atoms with van der Waals surface area (Å²) in [7, 11) is 5.90. The SMILES string of the molecule is COc1cc(CN2CCN(C)CC2)ccc1CNc1ncc(Br)c(Nc2ccc3nccnc3c2N(C)SC)n1. The maximum Gasteiger partial charge on any atom is 0.224 e. The third-order valence-electron chi connectivity index (χ3n) is 6.99. The summed E-state index contributed by atoms with van der Waals surface area (Å²) in [6.07, 6.45) is 7.18. The number of rotatable bonds is 10. The fourth-order valence-corrected chi connectivity index (χ4v) is 5.33. The maximum absolute atomic E-state index is 5.74. The smallest absolute Gasteiger partial charge is 0.224 e. The van der Waals surface area contributed by atoms with E-state index in [4.69, 9.17) is 9.72 Å². The molecule has 0 radical (unpaired) electrons. The van der Waals surface area contributed by atoms with Gasteiger partial charge < -0.3 is 24.6 Å². The van der Waals surface area contributed by atoms with E-state index >= 15 is 0 Å². The highest BCUT2D eigenvalue weighted by Crippen LogP contribution is 2.37. The molecule has 2 N–H and O–H groups in total.